The lowest BCUT2D eigenvalue weighted by atomic mass is 10.2. The van der Waals surface area contributed by atoms with E-state index < -0.39 is 29.1 Å². The molecule has 108 valence electrons. The molecule has 0 aliphatic carbocycles. The summed E-state index contributed by atoms with van der Waals surface area (Å²) in [6.45, 7) is 0. The zero-order chi connectivity index (χ0) is 15.4. The van der Waals surface area contributed by atoms with Crippen molar-refractivity contribution in [3.05, 3.63) is 64.7 Å². The van der Waals surface area contributed by atoms with Crippen LogP contribution in [0.2, 0.25) is 5.02 Å². The number of carbonyl (C=O) groups excluding carboxylic acids is 2. The molecule has 2 aromatic carbocycles. The van der Waals surface area contributed by atoms with Gasteiger partial charge in [-0.1, -0.05) is 23.7 Å². The van der Waals surface area contributed by atoms with Gasteiger partial charge in [-0.15, -0.1) is 0 Å². The summed E-state index contributed by atoms with van der Waals surface area (Å²) in [5, 5.41) is 4.54. The first-order chi connectivity index (χ1) is 9.97. The van der Waals surface area contributed by atoms with Gasteiger partial charge in [-0.2, -0.15) is 0 Å². The lowest BCUT2D eigenvalue weighted by Gasteiger charge is -2.08. The summed E-state index contributed by atoms with van der Waals surface area (Å²) in [5.41, 5.74) is -0.486. The molecule has 0 bridgehead atoms. The monoisotopic (exact) mass is 310 g/mol. The van der Waals surface area contributed by atoms with Gasteiger partial charge in [0.15, 0.2) is 0 Å². The predicted molar refractivity (Wildman–Crippen MR) is 74.3 cm³/mol. The highest BCUT2D eigenvalue weighted by Crippen LogP contribution is 2.15. The van der Waals surface area contributed by atoms with E-state index in [0.717, 1.165) is 18.2 Å². The number of urea groups is 1. The Balaban J connectivity index is 2.08. The molecule has 0 aliphatic rings. The van der Waals surface area contributed by atoms with Crippen molar-refractivity contribution in [2.75, 3.05) is 5.32 Å². The fourth-order valence-electron chi connectivity index (χ4n) is 1.61. The number of carbonyl (C=O) groups is 2. The molecule has 7 heteroatoms. The second-order valence-corrected chi connectivity index (χ2v) is 4.45. The number of hydrogen-bond acceptors (Lipinski definition) is 2. The molecule has 2 rings (SSSR count). The topological polar surface area (TPSA) is 58.2 Å². The van der Waals surface area contributed by atoms with Crippen LogP contribution in [-0.4, -0.2) is 11.9 Å². The molecule has 0 heterocycles. The second kappa shape index (κ2) is 6.32. The normalized spacial score (nSPS) is 10.0. The fraction of sp³-hybridized carbons (Fsp3) is 0. The molecule has 4 nitrogen and oxygen atoms in total. The van der Waals surface area contributed by atoms with Gasteiger partial charge in [-0.3, -0.25) is 10.1 Å². The SMILES string of the molecule is O=C(NC(=O)c1c(F)cccc1F)Nc1cccc(Cl)c1. The van der Waals surface area contributed by atoms with Gasteiger partial charge in [0.1, 0.15) is 17.2 Å². The molecule has 0 spiro atoms. The molecule has 0 atom stereocenters. The van der Waals surface area contributed by atoms with Crippen LogP contribution in [0.15, 0.2) is 42.5 Å². The summed E-state index contributed by atoms with van der Waals surface area (Å²) in [6.07, 6.45) is 0. The Hall–Kier alpha value is -2.47. The maximum absolute atomic E-state index is 13.4. The first-order valence-corrected chi connectivity index (χ1v) is 6.17. The summed E-state index contributed by atoms with van der Waals surface area (Å²) in [6, 6.07) is 8.23. The highest BCUT2D eigenvalue weighted by Gasteiger charge is 2.19. The first-order valence-electron chi connectivity index (χ1n) is 5.79. The molecule has 0 fully saturated rings. The average Bonchev–Trinajstić information content (AvgIpc) is 2.38. The van der Waals surface area contributed by atoms with Gasteiger partial charge in [0, 0.05) is 10.7 Å². The number of hydrogen-bond donors (Lipinski definition) is 2. The van der Waals surface area contributed by atoms with Crippen molar-refractivity contribution in [3.8, 4) is 0 Å². The van der Waals surface area contributed by atoms with E-state index in [0.29, 0.717) is 10.7 Å². The van der Waals surface area contributed by atoms with E-state index in [9.17, 15) is 18.4 Å². The number of amides is 3. The quantitative estimate of drug-likeness (QED) is 0.890. The summed E-state index contributed by atoms with van der Waals surface area (Å²) in [4.78, 5) is 23.3. The minimum Gasteiger partial charge on any atom is -0.308 e. The van der Waals surface area contributed by atoms with Gasteiger partial charge in [-0.25, -0.2) is 13.6 Å². The highest BCUT2D eigenvalue weighted by molar-refractivity contribution is 6.30. The number of imide groups is 1. The highest BCUT2D eigenvalue weighted by atomic mass is 35.5. The van der Waals surface area contributed by atoms with Crippen molar-refractivity contribution in [2.45, 2.75) is 0 Å². The van der Waals surface area contributed by atoms with E-state index in [1.165, 1.54) is 6.07 Å². The Kier molecular flexibility index (Phi) is 4.49. The largest absolute Gasteiger partial charge is 0.326 e. The standard InChI is InChI=1S/C14H9ClF2N2O2/c15-8-3-1-4-9(7-8)18-14(21)19-13(20)12-10(16)5-2-6-11(12)17/h1-7H,(H2,18,19,20,21). The van der Waals surface area contributed by atoms with Crippen molar-refractivity contribution in [3.63, 3.8) is 0 Å². The Labute approximate surface area is 123 Å². The molecule has 21 heavy (non-hydrogen) atoms. The van der Waals surface area contributed by atoms with E-state index in [2.05, 4.69) is 5.32 Å². The maximum Gasteiger partial charge on any atom is 0.326 e. The zero-order valence-corrected chi connectivity index (χ0v) is 11.2. The van der Waals surface area contributed by atoms with Gasteiger partial charge < -0.3 is 5.32 Å². The predicted octanol–water partition coefficient (Wildman–Crippen LogP) is 3.58. The van der Waals surface area contributed by atoms with Crippen molar-refractivity contribution >= 4 is 29.2 Å². The smallest absolute Gasteiger partial charge is 0.308 e. The molecule has 0 aromatic heterocycles. The minimum atomic E-state index is -1.18. The van der Waals surface area contributed by atoms with Crippen molar-refractivity contribution in [1.82, 2.24) is 5.32 Å². The summed E-state index contributed by atoms with van der Waals surface area (Å²) < 4.78 is 26.8. The van der Waals surface area contributed by atoms with E-state index in [-0.39, 0.29) is 0 Å². The Morgan fingerprint density at radius 2 is 1.62 bits per heavy atom. The van der Waals surface area contributed by atoms with Gasteiger partial charge >= 0.3 is 6.03 Å². The molecule has 0 unspecified atom stereocenters. The van der Waals surface area contributed by atoms with E-state index >= 15 is 0 Å². The van der Waals surface area contributed by atoms with Gasteiger partial charge in [0.05, 0.1) is 0 Å². The molecule has 0 saturated carbocycles. The van der Waals surface area contributed by atoms with E-state index in [4.69, 9.17) is 11.6 Å². The van der Waals surface area contributed by atoms with Crippen molar-refractivity contribution in [1.29, 1.82) is 0 Å². The molecule has 2 aromatic rings. The first kappa shape index (κ1) is 14.9. The zero-order valence-electron chi connectivity index (χ0n) is 10.5. The minimum absolute atomic E-state index is 0.335. The molecule has 0 saturated heterocycles. The molecule has 3 amide bonds. The van der Waals surface area contributed by atoms with Crippen LogP contribution in [0.4, 0.5) is 19.3 Å². The Morgan fingerprint density at radius 3 is 2.24 bits per heavy atom. The Bertz CT molecular complexity index is 687. The van der Waals surface area contributed by atoms with Crippen LogP contribution >= 0.6 is 11.6 Å². The van der Waals surface area contributed by atoms with E-state index in [1.807, 2.05) is 5.32 Å². The molecular formula is C14H9ClF2N2O2. The van der Waals surface area contributed by atoms with Crippen LogP contribution in [-0.2, 0) is 0 Å². The summed E-state index contributed by atoms with van der Waals surface area (Å²) >= 11 is 5.73. The number of rotatable bonds is 2. The van der Waals surface area contributed by atoms with Gasteiger partial charge in [-0.05, 0) is 30.3 Å². The summed E-state index contributed by atoms with van der Waals surface area (Å²) in [5.74, 6) is -3.28. The fourth-order valence-corrected chi connectivity index (χ4v) is 1.80. The van der Waals surface area contributed by atoms with Gasteiger partial charge in [0.25, 0.3) is 5.91 Å². The van der Waals surface area contributed by atoms with Crippen molar-refractivity contribution < 1.29 is 18.4 Å². The lowest BCUT2D eigenvalue weighted by Crippen LogP contribution is -2.35. The molecule has 0 radical (unpaired) electrons. The van der Waals surface area contributed by atoms with Crippen LogP contribution < -0.4 is 10.6 Å². The van der Waals surface area contributed by atoms with E-state index in [1.54, 1.807) is 18.2 Å². The van der Waals surface area contributed by atoms with Crippen LogP contribution in [0.25, 0.3) is 0 Å². The van der Waals surface area contributed by atoms with Crippen LogP contribution in [0.1, 0.15) is 10.4 Å². The number of nitrogens with one attached hydrogen (secondary N) is 2. The lowest BCUT2D eigenvalue weighted by molar-refractivity contribution is 0.0959. The molecule has 2 N–H and O–H groups in total. The second-order valence-electron chi connectivity index (χ2n) is 4.02. The van der Waals surface area contributed by atoms with Crippen LogP contribution in [0.5, 0.6) is 0 Å². The molecule has 0 aliphatic heterocycles. The summed E-state index contributed by atoms with van der Waals surface area (Å²) in [7, 11) is 0. The number of benzene rings is 2. The van der Waals surface area contributed by atoms with Crippen LogP contribution in [0, 0.1) is 11.6 Å². The Morgan fingerprint density at radius 1 is 1.00 bits per heavy atom. The van der Waals surface area contributed by atoms with Gasteiger partial charge in [0.2, 0.25) is 0 Å². The number of anilines is 1. The molecular weight excluding hydrogens is 302 g/mol. The number of halogens is 3. The third-order valence-corrected chi connectivity index (χ3v) is 2.73. The third-order valence-electron chi connectivity index (χ3n) is 2.50. The van der Waals surface area contributed by atoms with Crippen molar-refractivity contribution in [2.24, 2.45) is 0 Å². The van der Waals surface area contributed by atoms with Crippen LogP contribution in [0.3, 0.4) is 0 Å². The average molecular weight is 311 g/mol. The third kappa shape index (κ3) is 3.76. The maximum atomic E-state index is 13.4.